The number of hydrogen-bond acceptors (Lipinski definition) is 1. The summed E-state index contributed by atoms with van der Waals surface area (Å²) in [5.74, 6) is 0.966. The van der Waals surface area contributed by atoms with Crippen LogP contribution >= 0.6 is 11.6 Å². The SMILES string of the molecule is CCC1CCCC(NC(C)Cc2ccc(Cl)cc2)CC1. The molecule has 1 N–H and O–H groups in total. The van der Waals surface area contributed by atoms with Gasteiger partial charge in [0.1, 0.15) is 0 Å². The zero-order chi connectivity index (χ0) is 14.4. The fraction of sp³-hybridized carbons (Fsp3) is 0.667. The van der Waals surface area contributed by atoms with E-state index in [2.05, 4.69) is 31.3 Å². The predicted octanol–water partition coefficient (Wildman–Crippen LogP) is 5.22. The highest BCUT2D eigenvalue weighted by molar-refractivity contribution is 6.30. The zero-order valence-corrected chi connectivity index (χ0v) is 13.6. The molecule has 2 rings (SSSR count). The van der Waals surface area contributed by atoms with E-state index in [1.54, 1.807) is 0 Å². The average molecular weight is 294 g/mol. The molecule has 2 heteroatoms. The van der Waals surface area contributed by atoms with Crippen LogP contribution in [0.1, 0.15) is 57.9 Å². The first kappa shape index (κ1) is 15.9. The maximum atomic E-state index is 5.93. The smallest absolute Gasteiger partial charge is 0.0406 e. The maximum absolute atomic E-state index is 5.93. The zero-order valence-electron chi connectivity index (χ0n) is 12.9. The van der Waals surface area contributed by atoms with Crippen molar-refractivity contribution in [2.45, 2.75) is 70.9 Å². The van der Waals surface area contributed by atoms with E-state index in [9.17, 15) is 0 Å². The van der Waals surface area contributed by atoms with Gasteiger partial charge in [-0.1, -0.05) is 49.9 Å². The van der Waals surface area contributed by atoms with Crippen LogP contribution in [0.3, 0.4) is 0 Å². The Morgan fingerprint density at radius 2 is 1.90 bits per heavy atom. The lowest BCUT2D eigenvalue weighted by molar-refractivity contribution is 0.394. The Morgan fingerprint density at radius 1 is 1.15 bits per heavy atom. The Balaban J connectivity index is 1.79. The second kappa shape index (κ2) is 8.05. The molecule has 1 aliphatic carbocycles. The van der Waals surface area contributed by atoms with E-state index in [0.29, 0.717) is 12.1 Å². The number of nitrogens with one attached hydrogen (secondary N) is 1. The summed E-state index contributed by atoms with van der Waals surface area (Å²) in [5, 5.41) is 4.66. The molecule has 1 aromatic rings. The Hall–Kier alpha value is -0.530. The Morgan fingerprint density at radius 3 is 2.60 bits per heavy atom. The highest BCUT2D eigenvalue weighted by Crippen LogP contribution is 2.25. The van der Waals surface area contributed by atoms with Crippen LogP contribution in [0.25, 0.3) is 0 Å². The summed E-state index contributed by atoms with van der Waals surface area (Å²) in [6.07, 6.45) is 9.37. The van der Waals surface area contributed by atoms with Crippen LogP contribution in [0.15, 0.2) is 24.3 Å². The first-order valence-electron chi connectivity index (χ1n) is 8.18. The van der Waals surface area contributed by atoms with Crippen molar-refractivity contribution in [2.75, 3.05) is 0 Å². The van der Waals surface area contributed by atoms with Crippen molar-refractivity contribution in [1.82, 2.24) is 5.32 Å². The van der Waals surface area contributed by atoms with Crippen molar-refractivity contribution in [1.29, 1.82) is 0 Å². The minimum atomic E-state index is 0.541. The van der Waals surface area contributed by atoms with Crippen molar-refractivity contribution in [3.8, 4) is 0 Å². The number of halogens is 1. The maximum Gasteiger partial charge on any atom is 0.0406 e. The van der Waals surface area contributed by atoms with Crippen LogP contribution in [0.5, 0.6) is 0 Å². The first-order valence-corrected chi connectivity index (χ1v) is 8.55. The third-order valence-corrected chi connectivity index (χ3v) is 4.89. The molecule has 0 radical (unpaired) electrons. The molecule has 0 bridgehead atoms. The molecular formula is C18H28ClN. The van der Waals surface area contributed by atoms with Crippen LogP contribution in [-0.4, -0.2) is 12.1 Å². The van der Waals surface area contributed by atoms with Crippen molar-refractivity contribution in [2.24, 2.45) is 5.92 Å². The quantitative estimate of drug-likeness (QED) is 0.734. The summed E-state index contributed by atoms with van der Waals surface area (Å²) in [4.78, 5) is 0. The monoisotopic (exact) mass is 293 g/mol. The standard InChI is InChI=1S/C18H28ClN/c1-3-15-5-4-6-18(12-9-15)20-14(2)13-16-7-10-17(19)11-8-16/h7-8,10-11,14-15,18,20H,3-6,9,12-13H2,1-2H3. The van der Waals surface area contributed by atoms with Crippen LogP contribution < -0.4 is 5.32 Å². The van der Waals surface area contributed by atoms with Crippen molar-refractivity contribution < 1.29 is 0 Å². The fourth-order valence-corrected chi connectivity index (χ4v) is 3.51. The summed E-state index contributed by atoms with van der Waals surface area (Å²) in [5.41, 5.74) is 1.37. The molecule has 1 aliphatic rings. The van der Waals surface area contributed by atoms with Crippen molar-refractivity contribution in [3.05, 3.63) is 34.9 Å². The van der Waals surface area contributed by atoms with Crippen LogP contribution in [-0.2, 0) is 6.42 Å². The predicted molar refractivity (Wildman–Crippen MR) is 88.4 cm³/mol. The molecule has 1 saturated carbocycles. The summed E-state index contributed by atoms with van der Waals surface area (Å²) in [7, 11) is 0. The van der Waals surface area contributed by atoms with Gasteiger partial charge in [-0.2, -0.15) is 0 Å². The van der Waals surface area contributed by atoms with E-state index in [1.165, 1.54) is 44.1 Å². The molecule has 112 valence electrons. The molecule has 0 aliphatic heterocycles. The Bertz CT molecular complexity index is 387. The minimum Gasteiger partial charge on any atom is -0.311 e. The minimum absolute atomic E-state index is 0.541. The second-order valence-electron chi connectivity index (χ2n) is 6.38. The molecule has 1 nitrogen and oxygen atoms in total. The highest BCUT2D eigenvalue weighted by atomic mass is 35.5. The summed E-state index contributed by atoms with van der Waals surface area (Å²) >= 11 is 5.93. The highest BCUT2D eigenvalue weighted by Gasteiger charge is 2.19. The molecular weight excluding hydrogens is 266 g/mol. The first-order chi connectivity index (χ1) is 9.67. The van der Waals surface area contributed by atoms with E-state index in [0.717, 1.165) is 17.4 Å². The Kier molecular flexibility index (Phi) is 6.38. The van der Waals surface area contributed by atoms with Gasteiger partial charge in [0.15, 0.2) is 0 Å². The molecule has 1 aromatic carbocycles. The summed E-state index contributed by atoms with van der Waals surface area (Å²) < 4.78 is 0. The topological polar surface area (TPSA) is 12.0 Å². The third-order valence-electron chi connectivity index (χ3n) is 4.64. The van der Waals surface area contributed by atoms with Gasteiger partial charge in [-0.15, -0.1) is 0 Å². The summed E-state index contributed by atoms with van der Waals surface area (Å²) in [6.45, 7) is 4.64. The van der Waals surface area contributed by atoms with Gasteiger partial charge in [-0.25, -0.2) is 0 Å². The number of benzene rings is 1. The van der Waals surface area contributed by atoms with Gasteiger partial charge in [0.25, 0.3) is 0 Å². The van der Waals surface area contributed by atoms with E-state index >= 15 is 0 Å². The largest absolute Gasteiger partial charge is 0.311 e. The van der Waals surface area contributed by atoms with Crippen molar-refractivity contribution in [3.63, 3.8) is 0 Å². The lowest BCUT2D eigenvalue weighted by atomic mass is 9.97. The van der Waals surface area contributed by atoms with Gasteiger partial charge in [-0.05, 0) is 56.2 Å². The van der Waals surface area contributed by atoms with E-state index < -0.39 is 0 Å². The van der Waals surface area contributed by atoms with Gasteiger partial charge in [0, 0.05) is 17.1 Å². The molecule has 1 fully saturated rings. The van der Waals surface area contributed by atoms with E-state index in [4.69, 9.17) is 11.6 Å². The average Bonchev–Trinajstić information content (AvgIpc) is 2.66. The Labute approximate surface area is 129 Å². The van der Waals surface area contributed by atoms with Crippen LogP contribution in [0.2, 0.25) is 5.02 Å². The molecule has 0 heterocycles. The lowest BCUT2D eigenvalue weighted by Crippen LogP contribution is -2.37. The second-order valence-corrected chi connectivity index (χ2v) is 6.81. The lowest BCUT2D eigenvalue weighted by Gasteiger charge is -2.22. The summed E-state index contributed by atoms with van der Waals surface area (Å²) in [6, 6.07) is 9.51. The molecule has 3 unspecified atom stereocenters. The third kappa shape index (κ3) is 5.10. The van der Waals surface area contributed by atoms with Gasteiger partial charge < -0.3 is 5.32 Å². The molecule has 0 amide bonds. The number of rotatable bonds is 5. The molecule has 3 atom stereocenters. The normalized spacial score (nSPS) is 25.1. The number of hydrogen-bond donors (Lipinski definition) is 1. The van der Waals surface area contributed by atoms with Gasteiger partial charge in [0.05, 0.1) is 0 Å². The van der Waals surface area contributed by atoms with Gasteiger partial charge in [0.2, 0.25) is 0 Å². The molecule has 0 saturated heterocycles. The van der Waals surface area contributed by atoms with E-state index in [-0.39, 0.29) is 0 Å². The molecule has 0 spiro atoms. The fourth-order valence-electron chi connectivity index (χ4n) is 3.39. The van der Waals surface area contributed by atoms with Crippen LogP contribution in [0, 0.1) is 5.92 Å². The van der Waals surface area contributed by atoms with Crippen LogP contribution in [0.4, 0.5) is 0 Å². The van der Waals surface area contributed by atoms with E-state index in [1.807, 2.05) is 12.1 Å². The van der Waals surface area contributed by atoms with Crippen molar-refractivity contribution >= 4 is 11.6 Å². The molecule has 0 aromatic heterocycles. The van der Waals surface area contributed by atoms with Gasteiger partial charge in [-0.3, -0.25) is 0 Å². The van der Waals surface area contributed by atoms with Gasteiger partial charge >= 0.3 is 0 Å². The molecule has 20 heavy (non-hydrogen) atoms.